The quantitative estimate of drug-likeness (QED) is 0.864. The monoisotopic (exact) mass is 230 g/mol. The minimum absolute atomic E-state index is 0.0104. The van der Waals surface area contributed by atoms with Crippen molar-refractivity contribution in [2.75, 3.05) is 0 Å². The topological polar surface area (TPSA) is 37.8 Å². The van der Waals surface area contributed by atoms with Crippen LogP contribution in [0.2, 0.25) is 0 Å². The Hall–Kier alpha value is -1.77. The second kappa shape index (κ2) is 4.62. The number of nitrogens with one attached hydrogen (secondary N) is 1. The van der Waals surface area contributed by atoms with Gasteiger partial charge in [-0.25, -0.2) is 0 Å². The highest BCUT2D eigenvalue weighted by atomic mass is 16.1. The molecule has 0 fully saturated rings. The van der Waals surface area contributed by atoms with Crippen LogP contribution in [0.3, 0.4) is 0 Å². The first-order valence-electron chi connectivity index (χ1n) is 5.91. The van der Waals surface area contributed by atoms with Gasteiger partial charge >= 0.3 is 0 Å². The maximum Gasteiger partial charge on any atom is 0.266 e. The van der Waals surface area contributed by atoms with E-state index >= 15 is 0 Å². The predicted molar refractivity (Wildman–Crippen MR) is 69.4 cm³/mol. The summed E-state index contributed by atoms with van der Waals surface area (Å²) in [6.45, 7) is 6.89. The summed E-state index contributed by atoms with van der Waals surface area (Å²) in [4.78, 5) is 11.3. The van der Waals surface area contributed by atoms with E-state index in [2.05, 4.69) is 43.2 Å². The summed E-state index contributed by atoms with van der Waals surface area (Å²) in [5.74, 6) is 0.553. The molecule has 3 nitrogen and oxygen atoms in total. The van der Waals surface area contributed by atoms with Crippen molar-refractivity contribution in [3.8, 4) is 0 Å². The standard InChI is InChI=1S/C14H18N2O/c1-10(2)13-6-4-12(5-7-13)9-16-8-11(3)14(17)15-16/h4-8,10H,9H2,1-3H3,(H,15,17). The number of nitrogens with zero attached hydrogens (tertiary/aromatic N) is 1. The predicted octanol–water partition coefficient (Wildman–Crippen LogP) is 2.66. The van der Waals surface area contributed by atoms with Gasteiger partial charge in [0.2, 0.25) is 0 Å². The first kappa shape index (κ1) is 11.7. The minimum Gasteiger partial charge on any atom is -0.288 e. The summed E-state index contributed by atoms with van der Waals surface area (Å²) >= 11 is 0. The number of benzene rings is 1. The Morgan fingerprint density at radius 2 is 1.88 bits per heavy atom. The van der Waals surface area contributed by atoms with Crippen molar-refractivity contribution >= 4 is 0 Å². The minimum atomic E-state index is -0.0104. The Balaban J connectivity index is 2.16. The molecule has 3 heteroatoms. The van der Waals surface area contributed by atoms with Crippen molar-refractivity contribution in [1.82, 2.24) is 9.78 Å². The van der Waals surface area contributed by atoms with Gasteiger partial charge in [-0.15, -0.1) is 0 Å². The largest absolute Gasteiger partial charge is 0.288 e. The molecule has 0 saturated heterocycles. The van der Waals surface area contributed by atoms with E-state index in [0.29, 0.717) is 12.5 Å². The fourth-order valence-electron chi connectivity index (χ4n) is 1.83. The van der Waals surface area contributed by atoms with Gasteiger partial charge in [-0.1, -0.05) is 38.1 Å². The number of aromatic amines is 1. The summed E-state index contributed by atoms with van der Waals surface area (Å²) in [7, 11) is 0. The van der Waals surface area contributed by atoms with E-state index in [0.717, 1.165) is 5.56 Å². The summed E-state index contributed by atoms with van der Waals surface area (Å²) in [6, 6.07) is 8.52. The number of hydrogen-bond donors (Lipinski definition) is 1. The maximum absolute atomic E-state index is 11.3. The Bertz CT molecular complexity index is 546. The van der Waals surface area contributed by atoms with Gasteiger partial charge < -0.3 is 0 Å². The highest BCUT2D eigenvalue weighted by Crippen LogP contribution is 2.15. The van der Waals surface area contributed by atoms with Crippen LogP contribution < -0.4 is 5.56 Å². The Kier molecular flexibility index (Phi) is 3.18. The molecule has 1 heterocycles. The summed E-state index contributed by atoms with van der Waals surface area (Å²) in [5, 5.41) is 2.79. The van der Waals surface area contributed by atoms with E-state index in [9.17, 15) is 4.79 Å². The van der Waals surface area contributed by atoms with Crippen molar-refractivity contribution in [2.45, 2.75) is 33.2 Å². The number of hydrogen-bond acceptors (Lipinski definition) is 1. The van der Waals surface area contributed by atoms with Gasteiger partial charge in [-0.3, -0.25) is 14.6 Å². The number of H-pyrrole nitrogens is 1. The number of aromatic nitrogens is 2. The highest BCUT2D eigenvalue weighted by Gasteiger charge is 2.01. The molecule has 0 amide bonds. The molecular weight excluding hydrogens is 212 g/mol. The van der Waals surface area contributed by atoms with Crippen LogP contribution >= 0.6 is 0 Å². The lowest BCUT2D eigenvalue weighted by molar-refractivity contribution is 0.678. The van der Waals surface area contributed by atoms with Gasteiger partial charge in [0.25, 0.3) is 5.56 Å². The van der Waals surface area contributed by atoms with Crippen molar-refractivity contribution < 1.29 is 0 Å². The molecule has 2 aromatic rings. The van der Waals surface area contributed by atoms with E-state index in [4.69, 9.17) is 0 Å². The van der Waals surface area contributed by atoms with Crippen LogP contribution in [0.4, 0.5) is 0 Å². The zero-order chi connectivity index (χ0) is 12.4. The van der Waals surface area contributed by atoms with Crippen molar-refractivity contribution in [2.24, 2.45) is 0 Å². The zero-order valence-corrected chi connectivity index (χ0v) is 10.5. The van der Waals surface area contributed by atoms with Crippen LogP contribution in [0.1, 0.15) is 36.5 Å². The van der Waals surface area contributed by atoms with Crippen molar-refractivity contribution in [1.29, 1.82) is 0 Å². The molecule has 0 aliphatic heterocycles. The molecule has 1 aromatic heterocycles. The fourth-order valence-corrected chi connectivity index (χ4v) is 1.83. The molecular formula is C14H18N2O. The van der Waals surface area contributed by atoms with Gasteiger partial charge in [0.1, 0.15) is 0 Å². The third-order valence-electron chi connectivity index (χ3n) is 2.95. The average molecular weight is 230 g/mol. The Labute approximate surface area is 101 Å². The molecule has 17 heavy (non-hydrogen) atoms. The van der Waals surface area contributed by atoms with Crippen LogP contribution in [0.25, 0.3) is 0 Å². The Morgan fingerprint density at radius 1 is 1.24 bits per heavy atom. The lowest BCUT2D eigenvalue weighted by Gasteiger charge is -2.07. The van der Waals surface area contributed by atoms with E-state index in [1.165, 1.54) is 11.1 Å². The van der Waals surface area contributed by atoms with E-state index in [-0.39, 0.29) is 5.56 Å². The van der Waals surface area contributed by atoms with Gasteiger partial charge in [0.15, 0.2) is 0 Å². The molecule has 0 radical (unpaired) electrons. The second-order valence-corrected chi connectivity index (χ2v) is 4.78. The van der Waals surface area contributed by atoms with Crippen molar-refractivity contribution in [3.05, 3.63) is 57.5 Å². The first-order valence-corrected chi connectivity index (χ1v) is 5.91. The number of aryl methyl sites for hydroxylation is 1. The molecule has 0 bridgehead atoms. The molecule has 0 aliphatic rings. The molecule has 0 atom stereocenters. The molecule has 1 aromatic carbocycles. The Morgan fingerprint density at radius 3 is 2.35 bits per heavy atom. The average Bonchev–Trinajstić information content (AvgIpc) is 2.58. The summed E-state index contributed by atoms with van der Waals surface area (Å²) in [6.07, 6.45) is 1.85. The molecule has 0 aliphatic carbocycles. The zero-order valence-electron chi connectivity index (χ0n) is 10.5. The summed E-state index contributed by atoms with van der Waals surface area (Å²) < 4.78 is 1.82. The van der Waals surface area contributed by atoms with Gasteiger partial charge in [-0.05, 0) is 24.0 Å². The smallest absolute Gasteiger partial charge is 0.266 e. The molecule has 0 saturated carbocycles. The lowest BCUT2D eigenvalue weighted by Crippen LogP contribution is -2.07. The maximum atomic E-state index is 11.3. The third-order valence-corrected chi connectivity index (χ3v) is 2.95. The molecule has 90 valence electrons. The van der Waals surface area contributed by atoms with Gasteiger partial charge in [0.05, 0.1) is 6.54 Å². The number of rotatable bonds is 3. The van der Waals surface area contributed by atoms with Crippen LogP contribution in [-0.4, -0.2) is 9.78 Å². The SMILES string of the molecule is Cc1cn(Cc2ccc(C(C)C)cc2)[nH]c1=O. The van der Waals surface area contributed by atoms with Crippen LogP contribution in [-0.2, 0) is 6.54 Å². The molecule has 0 spiro atoms. The normalized spacial score (nSPS) is 11.1. The fraction of sp³-hybridized carbons (Fsp3) is 0.357. The van der Waals surface area contributed by atoms with Crippen LogP contribution in [0.5, 0.6) is 0 Å². The molecule has 1 N–H and O–H groups in total. The highest BCUT2D eigenvalue weighted by molar-refractivity contribution is 5.24. The van der Waals surface area contributed by atoms with E-state index < -0.39 is 0 Å². The third kappa shape index (κ3) is 2.67. The van der Waals surface area contributed by atoms with Crippen LogP contribution in [0, 0.1) is 6.92 Å². The van der Waals surface area contributed by atoms with Gasteiger partial charge in [0, 0.05) is 11.8 Å². The van der Waals surface area contributed by atoms with E-state index in [1.807, 2.05) is 17.8 Å². The van der Waals surface area contributed by atoms with Crippen LogP contribution in [0.15, 0.2) is 35.3 Å². The second-order valence-electron chi connectivity index (χ2n) is 4.78. The van der Waals surface area contributed by atoms with Crippen molar-refractivity contribution in [3.63, 3.8) is 0 Å². The van der Waals surface area contributed by atoms with E-state index in [1.54, 1.807) is 0 Å². The first-order chi connectivity index (χ1) is 8.06. The molecule has 2 rings (SSSR count). The lowest BCUT2D eigenvalue weighted by atomic mass is 10.0. The summed E-state index contributed by atoms with van der Waals surface area (Å²) in [5.41, 5.74) is 3.28. The van der Waals surface area contributed by atoms with Gasteiger partial charge in [-0.2, -0.15) is 0 Å². The molecule has 0 unspecified atom stereocenters.